The summed E-state index contributed by atoms with van der Waals surface area (Å²) in [6.07, 6.45) is 7.58. The van der Waals surface area contributed by atoms with E-state index in [2.05, 4.69) is 10.2 Å². The van der Waals surface area contributed by atoms with Crippen molar-refractivity contribution >= 4 is 21.6 Å². The lowest BCUT2D eigenvalue weighted by atomic mass is 10.0. The summed E-state index contributed by atoms with van der Waals surface area (Å²) in [5.74, 6) is 1.80. The Morgan fingerprint density at radius 2 is 2.21 bits per heavy atom. The van der Waals surface area contributed by atoms with E-state index in [9.17, 15) is 8.42 Å². The molecule has 0 amide bonds. The van der Waals surface area contributed by atoms with Gasteiger partial charge < -0.3 is 5.32 Å². The first-order chi connectivity index (χ1) is 9.07. The van der Waals surface area contributed by atoms with E-state index < -0.39 is 9.84 Å². The lowest BCUT2D eigenvalue weighted by Gasteiger charge is -2.34. The maximum atomic E-state index is 11.8. The fourth-order valence-electron chi connectivity index (χ4n) is 2.98. The monoisotopic (exact) mass is 306 g/mol. The van der Waals surface area contributed by atoms with Gasteiger partial charge in [0, 0.05) is 30.3 Å². The van der Waals surface area contributed by atoms with E-state index in [-0.39, 0.29) is 5.37 Å². The third-order valence-corrected chi connectivity index (χ3v) is 6.78. The van der Waals surface area contributed by atoms with Gasteiger partial charge in [-0.05, 0) is 38.8 Å². The summed E-state index contributed by atoms with van der Waals surface area (Å²) in [5.41, 5.74) is 0. The molecule has 19 heavy (non-hydrogen) atoms. The van der Waals surface area contributed by atoms with Crippen molar-refractivity contribution in [3.05, 3.63) is 0 Å². The number of hydrogen-bond acceptors (Lipinski definition) is 5. The SMILES string of the molecule is CS(=O)(=O)C1CSCCN1CCCC1CCCCN1. The molecular formula is C13H26N2O2S2. The Labute approximate surface area is 121 Å². The standard InChI is InChI=1S/C13H26N2O2S2/c1-19(16,17)13-11-18-10-9-15(13)8-4-6-12-5-2-3-7-14-12/h12-14H,2-11H2,1H3. The second kappa shape index (κ2) is 7.29. The van der Waals surface area contributed by atoms with E-state index in [1.807, 2.05) is 0 Å². The molecule has 2 heterocycles. The molecule has 0 saturated carbocycles. The van der Waals surface area contributed by atoms with E-state index in [1.54, 1.807) is 11.8 Å². The smallest absolute Gasteiger partial charge is 0.164 e. The molecule has 2 rings (SSSR count). The van der Waals surface area contributed by atoms with Gasteiger partial charge in [-0.3, -0.25) is 4.90 Å². The molecule has 2 atom stereocenters. The summed E-state index contributed by atoms with van der Waals surface area (Å²) in [6, 6.07) is 0.657. The Morgan fingerprint density at radius 3 is 2.89 bits per heavy atom. The Hall–Kier alpha value is 0.220. The maximum Gasteiger partial charge on any atom is 0.164 e. The molecular weight excluding hydrogens is 280 g/mol. The van der Waals surface area contributed by atoms with Crippen LogP contribution in [-0.2, 0) is 9.84 Å². The highest BCUT2D eigenvalue weighted by Gasteiger charge is 2.30. The number of rotatable bonds is 5. The first-order valence-corrected chi connectivity index (χ1v) is 10.4. The fraction of sp³-hybridized carbons (Fsp3) is 1.00. The zero-order valence-electron chi connectivity index (χ0n) is 11.8. The lowest BCUT2D eigenvalue weighted by molar-refractivity contribution is 0.255. The van der Waals surface area contributed by atoms with E-state index >= 15 is 0 Å². The van der Waals surface area contributed by atoms with Crippen LogP contribution in [0.4, 0.5) is 0 Å². The molecule has 0 aliphatic carbocycles. The Kier molecular flexibility index (Phi) is 5.99. The summed E-state index contributed by atoms with van der Waals surface area (Å²) in [4.78, 5) is 2.18. The van der Waals surface area contributed by atoms with Gasteiger partial charge in [-0.25, -0.2) is 8.42 Å². The molecule has 1 N–H and O–H groups in total. The van der Waals surface area contributed by atoms with Crippen LogP contribution in [0.1, 0.15) is 32.1 Å². The molecule has 2 aliphatic rings. The third-order valence-electron chi connectivity index (χ3n) is 4.10. The predicted molar refractivity (Wildman–Crippen MR) is 82.4 cm³/mol. The maximum absolute atomic E-state index is 11.8. The van der Waals surface area contributed by atoms with Gasteiger partial charge in [0.15, 0.2) is 9.84 Å². The topological polar surface area (TPSA) is 49.4 Å². The van der Waals surface area contributed by atoms with Crippen molar-refractivity contribution in [2.24, 2.45) is 0 Å². The number of nitrogens with zero attached hydrogens (tertiary/aromatic N) is 1. The summed E-state index contributed by atoms with van der Waals surface area (Å²) in [7, 11) is -2.94. The summed E-state index contributed by atoms with van der Waals surface area (Å²) in [5, 5.41) is 3.30. The molecule has 2 fully saturated rings. The fourth-order valence-corrected chi connectivity index (χ4v) is 5.95. The first-order valence-electron chi connectivity index (χ1n) is 7.31. The molecule has 0 aromatic heterocycles. The number of nitrogens with one attached hydrogen (secondary N) is 1. The van der Waals surface area contributed by atoms with Gasteiger partial charge in [-0.15, -0.1) is 0 Å². The Morgan fingerprint density at radius 1 is 1.37 bits per heavy atom. The number of piperidine rings is 1. The number of hydrogen-bond donors (Lipinski definition) is 1. The molecule has 2 saturated heterocycles. The molecule has 0 radical (unpaired) electrons. The largest absolute Gasteiger partial charge is 0.314 e. The van der Waals surface area contributed by atoms with Gasteiger partial charge in [0.1, 0.15) is 5.37 Å². The van der Waals surface area contributed by atoms with Gasteiger partial charge >= 0.3 is 0 Å². The molecule has 4 nitrogen and oxygen atoms in total. The highest BCUT2D eigenvalue weighted by Crippen LogP contribution is 2.21. The van der Waals surface area contributed by atoms with E-state index in [0.717, 1.165) is 37.6 Å². The Balaban J connectivity index is 1.76. The van der Waals surface area contributed by atoms with Gasteiger partial charge in [-0.2, -0.15) is 11.8 Å². The molecule has 0 aromatic carbocycles. The third kappa shape index (κ3) is 4.92. The zero-order chi connectivity index (χ0) is 13.7. The summed E-state index contributed by atoms with van der Waals surface area (Å²) >= 11 is 1.76. The van der Waals surface area contributed by atoms with Crippen molar-refractivity contribution in [3.63, 3.8) is 0 Å². The Bertz CT molecular complexity index is 367. The summed E-state index contributed by atoms with van der Waals surface area (Å²) < 4.78 is 23.6. The molecule has 112 valence electrons. The van der Waals surface area contributed by atoms with Crippen LogP contribution in [0.3, 0.4) is 0 Å². The molecule has 2 aliphatic heterocycles. The minimum atomic E-state index is -2.94. The van der Waals surface area contributed by atoms with Gasteiger partial charge in [0.2, 0.25) is 0 Å². The molecule has 0 bridgehead atoms. The van der Waals surface area contributed by atoms with E-state index in [4.69, 9.17) is 0 Å². The lowest BCUT2D eigenvalue weighted by Crippen LogP contribution is -2.47. The van der Waals surface area contributed by atoms with Crippen molar-refractivity contribution < 1.29 is 8.42 Å². The van der Waals surface area contributed by atoms with Crippen LogP contribution in [-0.4, -0.2) is 62.1 Å². The van der Waals surface area contributed by atoms with Crippen molar-refractivity contribution in [2.45, 2.75) is 43.5 Å². The van der Waals surface area contributed by atoms with E-state index in [1.165, 1.54) is 31.9 Å². The molecule has 2 unspecified atom stereocenters. The van der Waals surface area contributed by atoms with Crippen LogP contribution in [0.5, 0.6) is 0 Å². The van der Waals surface area contributed by atoms with Crippen LogP contribution >= 0.6 is 11.8 Å². The number of sulfone groups is 1. The minimum absolute atomic E-state index is 0.259. The highest BCUT2D eigenvalue weighted by molar-refractivity contribution is 8.00. The van der Waals surface area contributed by atoms with Crippen molar-refractivity contribution in [1.82, 2.24) is 10.2 Å². The molecule has 6 heteroatoms. The second-order valence-corrected chi connectivity index (χ2v) is 9.04. The van der Waals surface area contributed by atoms with Crippen LogP contribution < -0.4 is 5.32 Å². The van der Waals surface area contributed by atoms with Crippen LogP contribution in [0.15, 0.2) is 0 Å². The van der Waals surface area contributed by atoms with Crippen molar-refractivity contribution in [3.8, 4) is 0 Å². The van der Waals surface area contributed by atoms with Crippen LogP contribution in [0, 0.1) is 0 Å². The van der Waals surface area contributed by atoms with E-state index in [0.29, 0.717) is 6.04 Å². The zero-order valence-corrected chi connectivity index (χ0v) is 13.4. The van der Waals surface area contributed by atoms with Crippen molar-refractivity contribution in [2.75, 3.05) is 37.4 Å². The van der Waals surface area contributed by atoms with Gasteiger partial charge in [0.25, 0.3) is 0 Å². The quantitative estimate of drug-likeness (QED) is 0.830. The predicted octanol–water partition coefficient (Wildman–Crippen LogP) is 1.33. The molecule has 0 aromatic rings. The van der Waals surface area contributed by atoms with Crippen molar-refractivity contribution in [1.29, 1.82) is 0 Å². The first kappa shape index (κ1) is 15.6. The van der Waals surface area contributed by atoms with Gasteiger partial charge in [0.05, 0.1) is 0 Å². The average Bonchev–Trinajstić information content (AvgIpc) is 2.39. The van der Waals surface area contributed by atoms with Crippen LogP contribution in [0.2, 0.25) is 0 Å². The normalized spacial score (nSPS) is 30.4. The molecule has 0 spiro atoms. The minimum Gasteiger partial charge on any atom is -0.314 e. The second-order valence-electron chi connectivity index (χ2n) is 5.68. The highest BCUT2D eigenvalue weighted by atomic mass is 32.2. The summed E-state index contributed by atoms with van der Waals surface area (Å²) in [6.45, 7) is 2.99. The number of thioether (sulfide) groups is 1. The average molecular weight is 306 g/mol. The van der Waals surface area contributed by atoms with Gasteiger partial charge in [-0.1, -0.05) is 6.42 Å². The van der Waals surface area contributed by atoms with Crippen LogP contribution in [0.25, 0.3) is 0 Å².